The first kappa shape index (κ1) is 12.0. The van der Waals surface area contributed by atoms with Crippen molar-refractivity contribution in [3.05, 3.63) is 35.4 Å². The quantitative estimate of drug-likeness (QED) is 0.864. The molecule has 1 aromatic carbocycles. The maximum absolute atomic E-state index is 9.52. The van der Waals surface area contributed by atoms with Crippen LogP contribution < -0.4 is 0 Å². The van der Waals surface area contributed by atoms with E-state index in [1.54, 1.807) is 0 Å². The van der Waals surface area contributed by atoms with Gasteiger partial charge in [0.25, 0.3) is 0 Å². The van der Waals surface area contributed by atoms with Gasteiger partial charge in [0.05, 0.1) is 0 Å². The lowest BCUT2D eigenvalue weighted by Gasteiger charge is -2.30. The third-order valence-corrected chi connectivity index (χ3v) is 4.79. The monoisotopic (exact) mass is 236 g/mol. The molecule has 2 heteroatoms. The van der Waals surface area contributed by atoms with E-state index in [2.05, 4.69) is 31.2 Å². The fourth-order valence-corrected chi connectivity index (χ4v) is 4.02. The van der Waals surface area contributed by atoms with E-state index < -0.39 is 0 Å². The van der Waals surface area contributed by atoms with Crippen LogP contribution in [0.4, 0.5) is 0 Å². The highest BCUT2D eigenvalue weighted by atomic mass is 32.2. The number of hydrogen-bond donors (Lipinski definition) is 1. The maximum atomic E-state index is 9.52. The topological polar surface area (TPSA) is 20.2 Å². The van der Waals surface area contributed by atoms with E-state index in [1.807, 2.05) is 11.8 Å². The zero-order valence-corrected chi connectivity index (χ0v) is 10.7. The van der Waals surface area contributed by atoms with Gasteiger partial charge in [0.2, 0.25) is 0 Å². The average molecular weight is 236 g/mol. The van der Waals surface area contributed by atoms with Crippen molar-refractivity contribution >= 4 is 11.8 Å². The summed E-state index contributed by atoms with van der Waals surface area (Å²) >= 11 is 2.02. The van der Waals surface area contributed by atoms with Gasteiger partial charge in [-0.05, 0) is 35.6 Å². The highest BCUT2D eigenvalue weighted by Gasteiger charge is 2.27. The SMILES string of the molecule is CCC[C@@H](CO)[C@H]1SCCc2ccccc21. The number of thioether (sulfide) groups is 1. The van der Waals surface area contributed by atoms with Gasteiger partial charge in [-0.2, -0.15) is 11.8 Å². The molecule has 1 N–H and O–H groups in total. The van der Waals surface area contributed by atoms with Gasteiger partial charge in [-0.3, -0.25) is 0 Å². The molecule has 1 aliphatic heterocycles. The molecule has 0 aromatic heterocycles. The normalized spacial score (nSPS) is 21.5. The summed E-state index contributed by atoms with van der Waals surface area (Å²) in [6.07, 6.45) is 3.47. The predicted molar refractivity (Wildman–Crippen MR) is 70.8 cm³/mol. The lowest BCUT2D eigenvalue weighted by atomic mass is 9.91. The molecule has 0 saturated carbocycles. The van der Waals surface area contributed by atoms with Crippen molar-refractivity contribution in [2.24, 2.45) is 5.92 Å². The van der Waals surface area contributed by atoms with E-state index in [0.717, 1.165) is 12.8 Å². The third kappa shape index (κ3) is 2.44. The molecule has 0 spiro atoms. The number of rotatable bonds is 4. The number of aliphatic hydroxyl groups is 1. The second-order valence-corrected chi connectivity index (χ2v) is 5.72. The van der Waals surface area contributed by atoms with Crippen molar-refractivity contribution in [2.75, 3.05) is 12.4 Å². The molecule has 0 bridgehead atoms. The molecule has 2 rings (SSSR count). The zero-order valence-electron chi connectivity index (χ0n) is 9.86. The predicted octanol–water partition coefficient (Wildman–Crippen LogP) is 3.43. The molecule has 16 heavy (non-hydrogen) atoms. The van der Waals surface area contributed by atoms with Gasteiger partial charge in [0.1, 0.15) is 0 Å². The minimum atomic E-state index is 0.319. The molecule has 1 heterocycles. The Morgan fingerprint density at radius 1 is 1.44 bits per heavy atom. The van der Waals surface area contributed by atoms with Crippen LogP contribution in [-0.2, 0) is 6.42 Å². The van der Waals surface area contributed by atoms with Crippen molar-refractivity contribution in [1.82, 2.24) is 0 Å². The first-order valence-corrected chi connectivity index (χ1v) is 7.22. The number of fused-ring (bicyclic) bond motifs is 1. The average Bonchev–Trinajstić information content (AvgIpc) is 2.35. The summed E-state index contributed by atoms with van der Waals surface area (Å²) in [7, 11) is 0. The highest BCUT2D eigenvalue weighted by Crippen LogP contribution is 2.43. The fourth-order valence-electron chi connectivity index (χ4n) is 2.52. The van der Waals surface area contributed by atoms with Crippen molar-refractivity contribution in [1.29, 1.82) is 0 Å². The van der Waals surface area contributed by atoms with Gasteiger partial charge in [0.15, 0.2) is 0 Å². The standard InChI is InChI=1S/C14H20OS/c1-2-5-12(10-15)14-13-7-4-3-6-11(13)8-9-16-14/h3-4,6-7,12,14-15H,2,5,8-10H2,1H3/t12-,14+/m0/s1. The minimum absolute atomic E-state index is 0.319. The van der Waals surface area contributed by atoms with Crippen LogP contribution in [0.15, 0.2) is 24.3 Å². The molecule has 0 unspecified atom stereocenters. The summed E-state index contributed by atoms with van der Waals surface area (Å²) in [4.78, 5) is 0. The van der Waals surface area contributed by atoms with Gasteiger partial charge in [-0.25, -0.2) is 0 Å². The van der Waals surface area contributed by atoms with E-state index in [4.69, 9.17) is 0 Å². The molecule has 1 nitrogen and oxygen atoms in total. The Bertz CT molecular complexity index is 337. The van der Waals surface area contributed by atoms with Crippen LogP contribution in [0.3, 0.4) is 0 Å². The molecule has 0 fully saturated rings. The molecule has 1 aliphatic rings. The molecular formula is C14H20OS. The van der Waals surface area contributed by atoms with Crippen LogP contribution >= 0.6 is 11.8 Å². The van der Waals surface area contributed by atoms with Crippen molar-refractivity contribution in [3.63, 3.8) is 0 Å². The minimum Gasteiger partial charge on any atom is -0.396 e. The van der Waals surface area contributed by atoms with Gasteiger partial charge >= 0.3 is 0 Å². The lowest BCUT2D eigenvalue weighted by molar-refractivity contribution is 0.214. The first-order chi connectivity index (χ1) is 7.86. The summed E-state index contributed by atoms with van der Waals surface area (Å²) in [5.41, 5.74) is 2.95. The second-order valence-electron chi connectivity index (χ2n) is 4.47. The number of benzene rings is 1. The van der Waals surface area contributed by atoms with Crippen LogP contribution in [0.5, 0.6) is 0 Å². The molecule has 0 aliphatic carbocycles. The van der Waals surface area contributed by atoms with Crippen molar-refractivity contribution in [3.8, 4) is 0 Å². The molecule has 2 atom stereocenters. The second kappa shape index (κ2) is 5.74. The zero-order chi connectivity index (χ0) is 11.4. The Morgan fingerprint density at radius 2 is 2.25 bits per heavy atom. The molecule has 88 valence electrons. The van der Waals surface area contributed by atoms with E-state index in [0.29, 0.717) is 17.8 Å². The Labute approximate surface area is 102 Å². The number of aliphatic hydroxyl groups excluding tert-OH is 1. The van der Waals surface area contributed by atoms with E-state index in [-0.39, 0.29) is 0 Å². The Kier molecular flexibility index (Phi) is 4.30. The number of hydrogen-bond acceptors (Lipinski definition) is 2. The summed E-state index contributed by atoms with van der Waals surface area (Å²) < 4.78 is 0. The summed E-state index contributed by atoms with van der Waals surface area (Å²) in [5, 5.41) is 10.0. The molecular weight excluding hydrogens is 216 g/mol. The molecule has 0 amide bonds. The van der Waals surface area contributed by atoms with Crippen LogP contribution in [-0.4, -0.2) is 17.5 Å². The summed E-state index contributed by atoms with van der Waals surface area (Å²) in [5.74, 6) is 1.62. The first-order valence-electron chi connectivity index (χ1n) is 6.17. The van der Waals surface area contributed by atoms with Gasteiger partial charge < -0.3 is 5.11 Å². The van der Waals surface area contributed by atoms with Crippen LogP contribution in [0.1, 0.15) is 36.1 Å². The fraction of sp³-hybridized carbons (Fsp3) is 0.571. The van der Waals surface area contributed by atoms with Gasteiger partial charge in [-0.15, -0.1) is 0 Å². The smallest absolute Gasteiger partial charge is 0.0473 e. The summed E-state index contributed by atoms with van der Waals surface area (Å²) in [6.45, 7) is 2.52. The maximum Gasteiger partial charge on any atom is 0.0473 e. The largest absolute Gasteiger partial charge is 0.396 e. The molecule has 0 saturated heterocycles. The van der Waals surface area contributed by atoms with E-state index in [9.17, 15) is 5.11 Å². The van der Waals surface area contributed by atoms with Crippen LogP contribution in [0, 0.1) is 5.92 Å². The van der Waals surface area contributed by atoms with Crippen LogP contribution in [0.2, 0.25) is 0 Å². The summed E-state index contributed by atoms with van der Waals surface area (Å²) in [6, 6.07) is 8.73. The molecule has 0 radical (unpaired) electrons. The Morgan fingerprint density at radius 3 is 3.00 bits per heavy atom. The van der Waals surface area contributed by atoms with Gasteiger partial charge in [-0.1, -0.05) is 37.6 Å². The highest BCUT2D eigenvalue weighted by molar-refractivity contribution is 7.99. The van der Waals surface area contributed by atoms with Crippen molar-refractivity contribution < 1.29 is 5.11 Å². The van der Waals surface area contributed by atoms with Crippen molar-refractivity contribution in [2.45, 2.75) is 31.4 Å². The lowest BCUT2D eigenvalue weighted by Crippen LogP contribution is -2.19. The Balaban J connectivity index is 2.23. The van der Waals surface area contributed by atoms with E-state index >= 15 is 0 Å². The van der Waals surface area contributed by atoms with Crippen LogP contribution in [0.25, 0.3) is 0 Å². The third-order valence-electron chi connectivity index (χ3n) is 3.35. The van der Waals surface area contributed by atoms with Gasteiger partial charge in [0, 0.05) is 11.9 Å². The number of aryl methyl sites for hydroxylation is 1. The molecule has 1 aromatic rings. The van der Waals surface area contributed by atoms with E-state index in [1.165, 1.54) is 23.3 Å². The Hall–Kier alpha value is -0.470.